The normalized spacial score (nSPS) is 24.8. The van der Waals surface area contributed by atoms with E-state index >= 15 is 0 Å². The van der Waals surface area contributed by atoms with Gasteiger partial charge in [0.05, 0.1) is 0 Å². The Kier molecular flexibility index (Phi) is 2.44. The molecular formula is C17H20N2. The van der Waals surface area contributed by atoms with Gasteiger partial charge in [0.1, 0.15) is 0 Å². The van der Waals surface area contributed by atoms with Crippen molar-refractivity contribution in [3.8, 4) is 0 Å². The summed E-state index contributed by atoms with van der Waals surface area (Å²) in [7, 11) is 0. The Morgan fingerprint density at radius 1 is 1.05 bits per heavy atom. The smallest absolute Gasteiger partial charge is 0.0359 e. The Morgan fingerprint density at radius 2 is 1.74 bits per heavy atom. The number of benzene rings is 2. The maximum Gasteiger partial charge on any atom is 0.0359 e. The van der Waals surface area contributed by atoms with Crippen LogP contribution < -0.4 is 11.1 Å². The van der Waals surface area contributed by atoms with Crippen LogP contribution in [0, 0.1) is 5.41 Å². The van der Waals surface area contributed by atoms with Crippen LogP contribution in [0.4, 0.5) is 0 Å². The lowest BCUT2D eigenvalue weighted by atomic mass is 9.73. The Labute approximate surface area is 114 Å². The number of rotatable bonds is 0. The molecule has 1 aliphatic carbocycles. The summed E-state index contributed by atoms with van der Waals surface area (Å²) in [5, 5.41) is 6.13. The first-order valence-corrected chi connectivity index (χ1v) is 7.26. The van der Waals surface area contributed by atoms with Crippen molar-refractivity contribution < 1.29 is 0 Å². The first-order chi connectivity index (χ1) is 9.28. The largest absolute Gasteiger partial charge is 0.323 e. The van der Waals surface area contributed by atoms with Gasteiger partial charge in [-0.1, -0.05) is 30.3 Å². The molecule has 1 unspecified atom stereocenters. The predicted molar refractivity (Wildman–Crippen MR) is 79.1 cm³/mol. The first kappa shape index (κ1) is 11.4. The van der Waals surface area contributed by atoms with Gasteiger partial charge in [0.25, 0.3) is 0 Å². The summed E-state index contributed by atoms with van der Waals surface area (Å²) in [6.07, 6.45) is 3.58. The summed E-state index contributed by atoms with van der Waals surface area (Å²) >= 11 is 0. The molecule has 0 radical (unpaired) electrons. The molecule has 4 rings (SSSR count). The van der Waals surface area contributed by atoms with Gasteiger partial charge in [-0.15, -0.1) is 0 Å². The fourth-order valence-electron chi connectivity index (χ4n) is 3.98. The minimum atomic E-state index is 0.217. The van der Waals surface area contributed by atoms with E-state index in [2.05, 4.69) is 41.7 Å². The summed E-state index contributed by atoms with van der Waals surface area (Å²) in [4.78, 5) is 0. The highest BCUT2D eigenvalue weighted by Gasteiger charge is 2.44. The van der Waals surface area contributed by atoms with Crippen molar-refractivity contribution in [3.63, 3.8) is 0 Å². The molecule has 1 saturated heterocycles. The molecule has 2 aromatic carbocycles. The van der Waals surface area contributed by atoms with E-state index in [9.17, 15) is 0 Å². The highest BCUT2D eigenvalue weighted by molar-refractivity contribution is 5.84. The topological polar surface area (TPSA) is 38.0 Å². The maximum absolute atomic E-state index is 6.62. The molecule has 3 N–H and O–H groups in total. The van der Waals surface area contributed by atoms with Crippen molar-refractivity contribution in [1.82, 2.24) is 5.32 Å². The molecule has 19 heavy (non-hydrogen) atoms. The Balaban J connectivity index is 1.84. The average Bonchev–Trinajstić information content (AvgIpc) is 2.70. The quantitative estimate of drug-likeness (QED) is 0.756. The van der Waals surface area contributed by atoms with E-state index in [1.165, 1.54) is 34.7 Å². The van der Waals surface area contributed by atoms with Gasteiger partial charge in [-0.3, -0.25) is 0 Å². The van der Waals surface area contributed by atoms with Crippen LogP contribution in [-0.4, -0.2) is 13.1 Å². The van der Waals surface area contributed by atoms with E-state index in [0.29, 0.717) is 5.41 Å². The molecule has 2 heteroatoms. The number of fused-ring (bicyclic) bond motifs is 2. The molecular weight excluding hydrogens is 232 g/mol. The van der Waals surface area contributed by atoms with Crippen LogP contribution in [-0.2, 0) is 6.42 Å². The number of hydrogen-bond acceptors (Lipinski definition) is 2. The summed E-state index contributed by atoms with van der Waals surface area (Å²) in [6, 6.07) is 13.5. The van der Waals surface area contributed by atoms with E-state index in [4.69, 9.17) is 5.73 Å². The lowest BCUT2D eigenvalue weighted by Crippen LogP contribution is -2.42. The van der Waals surface area contributed by atoms with Crippen LogP contribution in [0.2, 0.25) is 0 Å². The van der Waals surface area contributed by atoms with Crippen LogP contribution in [0.3, 0.4) is 0 Å². The van der Waals surface area contributed by atoms with Crippen molar-refractivity contribution in [1.29, 1.82) is 0 Å². The van der Waals surface area contributed by atoms with E-state index in [1.54, 1.807) is 0 Å². The Bertz CT molecular complexity index is 626. The zero-order valence-electron chi connectivity index (χ0n) is 11.2. The van der Waals surface area contributed by atoms with Gasteiger partial charge in [0.2, 0.25) is 0 Å². The fourth-order valence-corrected chi connectivity index (χ4v) is 3.98. The maximum atomic E-state index is 6.62. The zero-order chi connectivity index (χ0) is 12.9. The third-order valence-electron chi connectivity index (χ3n) is 5.14. The Morgan fingerprint density at radius 3 is 2.47 bits per heavy atom. The third-order valence-corrected chi connectivity index (χ3v) is 5.14. The highest BCUT2D eigenvalue weighted by Crippen LogP contribution is 2.50. The lowest BCUT2D eigenvalue weighted by Gasteiger charge is -2.37. The van der Waals surface area contributed by atoms with E-state index in [0.717, 1.165) is 19.5 Å². The predicted octanol–water partition coefficient (Wildman–Crippen LogP) is 2.77. The van der Waals surface area contributed by atoms with E-state index in [1.807, 2.05) is 0 Å². The molecule has 2 aliphatic rings. The van der Waals surface area contributed by atoms with Gasteiger partial charge >= 0.3 is 0 Å². The number of hydrogen-bond donors (Lipinski definition) is 2. The summed E-state index contributed by atoms with van der Waals surface area (Å²) in [5.74, 6) is 0. The van der Waals surface area contributed by atoms with Crippen LogP contribution in [0.1, 0.15) is 30.0 Å². The molecule has 1 spiro atoms. The average molecular weight is 252 g/mol. The number of piperidine rings is 1. The molecule has 2 aromatic rings. The minimum absolute atomic E-state index is 0.217. The monoisotopic (exact) mass is 252 g/mol. The Hall–Kier alpha value is -1.38. The van der Waals surface area contributed by atoms with Crippen LogP contribution in [0.5, 0.6) is 0 Å². The van der Waals surface area contributed by atoms with Crippen molar-refractivity contribution in [2.24, 2.45) is 11.1 Å². The van der Waals surface area contributed by atoms with Gasteiger partial charge in [0, 0.05) is 6.04 Å². The molecule has 0 bridgehead atoms. The molecule has 0 aromatic heterocycles. The SMILES string of the molecule is NC1c2cc3ccccc3cc2CC12CCNCC2. The van der Waals surface area contributed by atoms with Gasteiger partial charge < -0.3 is 11.1 Å². The van der Waals surface area contributed by atoms with Gasteiger partial charge in [-0.2, -0.15) is 0 Å². The molecule has 0 saturated carbocycles. The molecule has 98 valence electrons. The first-order valence-electron chi connectivity index (χ1n) is 7.26. The summed E-state index contributed by atoms with van der Waals surface area (Å²) in [5.41, 5.74) is 9.80. The molecule has 1 aliphatic heterocycles. The van der Waals surface area contributed by atoms with E-state index in [-0.39, 0.29) is 6.04 Å². The van der Waals surface area contributed by atoms with Gasteiger partial charge in [-0.25, -0.2) is 0 Å². The van der Waals surface area contributed by atoms with Gasteiger partial charge in [-0.05, 0) is 65.7 Å². The number of nitrogens with one attached hydrogen (secondary N) is 1. The van der Waals surface area contributed by atoms with Crippen LogP contribution in [0.15, 0.2) is 36.4 Å². The second-order valence-electron chi connectivity index (χ2n) is 6.16. The van der Waals surface area contributed by atoms with Crippen LogP contribution in [0.25, 0.3) is 10.8 Å². The molecule has 1 fully saturated rings. The van der Waals surface area contributed by atoms with E-state index < -0.39 is 0 Å². The molecule has 1 atom stereocenters. The molecule has 2 nitrogen and oxygen atoms in total. The van der Waals surface area contributed by atoms with Gasteiger partial charge in [0.15, 0.2) is 0 Å². The standard InChI is InChI=1S/C17H20N2/c18-16-15-10-13-4-2-1-3-12(13)9-14(15)11-17(16)5-7-19-8-6-17/h1-4,9-10,16,19H,5-8,11,18H2. The second-order valence-corrected chi connectivity index (χ2v) is 6.16. The summed E-state index contributed by atoms with van der Waals surface area (Å²) in [6.45, 7) is 2.22. The third kappa shape index (κ3) is 1.63. The van der Waals surface area contributed by atoms with Crippen molar-refractivity contribution >= 4 is 10.8 Å². The minimum Gasteiger partial charge on any atom is -0.323 e. The second kappa shape index (κ2) is 4.06. The lowest BCUT2D eigenvalue weighted by molar-refractivity contribution is 0.174. The van der Waals surface area contributed by atoms with Crippen LogP contribution >= 0.6 is 0 Å². The highest BCUT2D eigenvalue weighted by atomic mass is 14.9. The van der Waals surface area contributed by atoms with Crippen molar-refractivity contribution in [2.45, 2.75) is 25.3 Å². The van der Waals surface area contributed by atoms with Crippen molar-refractivity contribution in [2.75, 3.05) is 13.1 Å². The zero-order valence-corrected chi connectivity index (χ0v) is 11.2. The fraction of sp³-hybridized carbons (Fsp3) is 0.412. The van der Waals surface area contributed by atoms with Crippen molar-refractivity contribution in [3.05, 3.63) is 47.5 Å². The summed E-state index contributed by atoms with van der Waals surface area (Å²) < 4.78 is 0. The number of nitrogens with two attached hydrogens (primary N) is 1. The molecule has 0 amide bonds. The molecule has 1 heterocycles.